The van der Waals surface area contributed by atoms with Gasteiger partial charge in [0.05, 0.1) is 5.52 Å². The Balaban J connectivity index is 0.000000226. The molecule has 297 valence electrons. The number of fused-ring (bicyclic) bond motifs is 3. The van der Waals surface area contributed by atoms with Crippen molar-refractivity contribution in [2.75, 3.05) is 0 Å². The van der Waals surface area contributed by atoms with Gasteiger partial charge in [0.1, 0.15) is 0 Å². The van der Waals surface area contributed by atoms with E-state index in [0.717, 1.165) is 33.6 Å². The van der Waals surface area contributed by atoms with Gasteiger partial charge >= 0.3 is 0 Å². The summed E-state index contributed by atoms with van der Waals surface area (Å²) in [6, 6.07) is 66.4. The van der Waals surface area contributed by atoms with Gasteiger partial charge in [-0.1, -0.05) is 138 Å². The molecule has 0 aliphatic carbocycles. The average molecular weight is 962 g/mol. The molecule has 0 atom stereocenters. The molecule has 0 saturated heterocycles. The van der Waals surface area contributed by atoms with Crippen LogP contribution in [0.3, 0.4) is 0 Å². The number of pyridine rings is 3. The largest absolute Gasteiger partial charge is 0.305 e. The number of hydrogen-bond acceptors (Lipinski definition) is 3. The van der Waals surface area contributed by atoms with Crippen molar-refractivity contribution in [2.45, 2.75) is 27.7 Å². The van der Waals surface area contributed by atoms with Gasteiger partial charge in [-0.15, -0.1) is 59.2 Å². The van der Waals surface area contributed by atoms with Crippen LogP contribution in [-0.2, 0) is 20.1 Å². The maximum Gasteiger partial charge on any atom is 0.0714 e. The third-order valence-electron chi connectivity index (χ3n) is 11.2. The minimum absolute atomic E-state index is 0. The van der Waals surface area contributed by atoms with Crippen molar-refractivity contribution < 1.29 is 20.1 Å². The molecule has 3 aromatic heterocycles. The zero-order valence-electron chi connectivity index (χ0n) is 34.6. The third kappa shape index (κ3) is 8.74. The van der Waals surface area contributed by atoms with Crippen LogP contribution in [0, 0.1) is 39.8 Å². The van der Waals surface area contributed by atoms with Crippen molar-refractivity contribution in [1.29, 1.82) is 0 Å². The van der Waals surface area contributed by atoms with Gasteiger partial charge in [0, 0.05) is 44.1 Å². The fourth-order valence-electron chi connectivity index (χ4n) is 7.83. The van der Waals surface area contributed by atoms with Crippen LogP contribution >= 0.6 is 0 Å². The first-order valence-corrected chi connectivity index (χ1v) is 20.3. The Morgan fingerprint density at radius 3 is 1.89 bits per heavy atom. The van der Waals surface area contributed by atoms with Crippen LogP contribution in [0.1, 0.15) is 22.3 Å². The molecule has 1 radical (unpaired) electrons. The van der Waals surface area contributed by atoms with Crippen molar-refractivity contribution in [3.05, 3.63) is 223 Å². The molecule has 7 aromatic carbocycles. The molecule has 3 heterocycles. The summed E-state index contributed by atoms with van der Waals surface area (Å²) in [5.41, 5.74) is 19.3. The summed E-state index contributed by atoms with van der Waals surface area (Å²) in [6.45, 7) is 8.53. The number of nitrogens with zero attached hydrogens (tertiary/aromatic N) is 3. The summed E-state index contributed by atoms with van der Waals surface area (Å²) in [6.07, 6.45) is 5.64. The average Bonchev–Trinajstić information content (AvgIpc) is 3.31. The molecular weight excluding hydrogens is 919 g/mol. The van der Waals surface area contributed by atoms with Crippen molar-refractivity contribution in [3.63, 3.8) is 0 Å². The number of aromatic nitrogens is 3. The van der Waals surface area contributed by atoms with Crippen LogP contribution in [0.2, 0.25) is 0 Å². The summed E-state index contributed by atoms with van der Waals surface area (Å²) >= 11 is 0. The van der Waals surface area contributed by atoms with E-state index in [-0.39, 0.29) is 20.1 Å². The zero-order valence-corrected chi connectivity index (χ0v) is 37.0. The monoisotopic (exact) mass is 962 g/mol. The molecule has 10 aromatic rings. The van der Waals surface area contributed by atoms with Crippen LogP contribution in [0.15, 0.2) is 188 Å². The number of aryl methyl sites for hydroxylation is 4. The smallest absolute Gasteiger partial charge is 0.0714 e. The van der Waals surface area contributed by atoms with Crippen LogP contribution in [-0.4, -0.2) is 15.0 Å². The second-order valence-electron chi connectivity index (χ2n) is 15.3. The van der Waals surface area contributed by atoms with Gasteiger partial charge < -0.3 is 9.97 Å². The van der Waals surface area contributed by atoms with Gasteiger partial charge in [-0.05, 0) is 113 Å². The Bertz CT molecular complexity index is 3060. The van der Waals surface area contributed by atoms with E-state index in [4.69, 9.17) is 9.97 Å². The first-order valence-electron chi connectivity index (χ1n) is 20.3. The summed E-state index contributed by atoms with van der Waals surface area (Å²) in [7, 11) is 0. The molecule has 3 nitrogen and oxygen atoms in total. The SMILES string of the molecule is Cc1ccc(-c2cc(-c3cc(-c4cc(C)c(C)cn4)[c-]cc3C)cc(-c3cc4ncccc4c4ccccc34)c2)cc1.[Ir].[c-]1cccc(-c2ccccc2)c1-c1ccccn1. The van der Waals surface area contributed by atoms with E-state index >= 15 is 0 Å². The summed E-state index contributed by atoms with van der Waals surface area (Å²) < 4.78 is 0. The van der Waals surface area contributed by atoms with Gasteiger partial charge in [0.15, 0.2) is 0 Å². The fourth-order valence-corrected chi connectivity index (χ4v) is 7.83. The Kier molecular flexibility index (Phi) is 12.2. The minimum atomic E-state index is 0. The molecule has 4 heteroatoms. The van der Waals surface area contributed by atoms with Gasteiger partial charge in [0.2, 0.25) is 0 Å². The summed E-state index contributed by atoms with van der Waals surface area (Å²) in [5, 5.41) is 3.61. The van der Waals surface area contributed by atoms with E-state index in [1.807, 2.05) is 73.2 Å². The molecule has 0 spiro atoms. The van der Waals surface area contributed by atoms with Crippen LogP contribution < -0.4 is 0 Å². The molecule has 0 bridgehead atoms. The predicted molar refractivity (Wildman–Crippen MR) is 251 cm³/mol. The van der Waals surface area contributed by atoms with Crippen LogP contribution in [0.5, 0.6) is 0 Å². The van der Waals surface area contributed by atoms with Crippen LogP contribution in [0.25, 0.3) is 88.7 Å². The molecule has 0 aliphatic heterocycles. The summed E-state index contributed by atoms with van der Waals surface area (Å²) in [4.78, 5) is 13.9. The van der Waals surface area contributed by atoms with E-state index in [1.54, 1.807) is 0 Å². The molecular formula is C57H43IrN3-2. The Morgan fingerprint density at radius 2 is 1.11 bits per heavy atom. The first kappa shape index (κ1) is 40.9. The molecule has 10 rings (SSSR count). The Morgan fingerprint density at radius 1 is 0.410 bits per heavy atom. The van der Waals surface area contributed by atoms with Gasteiger partial charge in [-0.2, -0.15) is 0 Å². The number of hydrogen-bond donors (Lipinski definition) is 0. The Labute approximate surface area is 372 Å². The predicted octanol–water partition coefficient (Wildman–Crippen LogP) is 14.7. The van der Waals surface area contributed by atoms with Gasteiger partial charge in [0.25, 0.3) is 0 Å². The van der Waals surface area contributed by atoms with E-state index in [1.165, 1.54) is 77.4 Å². The molecule has 0 aliphatic rings. The van der Waals surface area contributed by atoms with E-state index < -0.39 is 0 Å². The third-order valence-corrected chi connectivity index (χ3v) is 11.2. The van der Waals surface area contributed by atoms with Crippen molar-refractivity contribution >= 4 is 21.7 Å². The van der Waals surface area contributed by atoms with E-state index in [9.17, 15) is 0 Å². The van der Waals surface area contributed by atoms with Gasteiger partial charge in [-0.25, -0.2) is 0 Å². The Hall–Kier alpha value is -6.84. The minimum Gasteiger partial charge on any atom is -0.305 e. The topological polar surface area (TPSA) is 38.7 Å². The van der Waals surface area contributed by atoms with Crippen molar-refractivity contribution in [3.8, 4) is 67.0 Å². The maximum absolute atomic E-state index is 4.75. The molecule has 0 amide bonds. The fraction of sp³-hybridized carbons (Fsp3) is 0.0702. The molecule has 0 saturated carbocycles. The molecule has 0 unspecified atom stereocenters. The van der Waals surface area contributed by atoms with E-state index in [2.05, 4.69) is 160 Å². The van der Waals surface area contributed by atoms with E-state index in [0.29, 0.717) is 0 Å². The number of rotatable bonds is 6. The van der Waals surface area contributed by atoms with Crippen molar-refractivity contribution in [1.82, 2.24) is 15.0 Å². The number of benzene rings is 7. The zero-order chi connectivity index (χ0) is 41.0. The molecule has 0 N–H and O–H groups in total. The quantitative estimate of drug-likeness (QED) is 0.123. The second-order valence-corrected chi connectivity index (χ2v) is 15.3. The van der Waals surface area contributed by atoms with Crippen molar-refractivity contribution in [2.24, 2.45) is 0 Å². The molecule has 61 heavy (non-hydrogen) atoms. The maximum atomic E-state index is 4.75. The summed E-state index contributed by atoms with van der Waals surface area (Å²) in [5.74, 6) is 0. The van der Waals surface area contributed by atoms with Gasteiger partial charge in [-0.3, -0.25) is 4.98 Å². The second kappa shape index (κ2) is 18.2. The molecule has 0 fully saturated rings. The first-order chi connectivity index (χ1) is 29.4. The normalized spacial score (nSPS) is 10.8. The standard InChI is InChI=1S/C40H31N2.C17H12N.Ir/c1-25-11-14-29(15-12-25)31-19-32(37-22-30(16-13-26(37)2)39-18-27(3)28(4)24-42-39)21-33(20-31)38-23-40-36(10-7-17-41-40)34-8-5-6-9-35(34)38;1-2-8-14(9-3-1)15-10-4-5-11-16(15)17-12-6-7-13-18-17;/h5-15,17-24H,1-4H3;1-10,12-13H;/q2*-1;. The van der Waals surface area contributed by atoms with Crippen LogP contribution in [0.4, 0.5) is 0 Å².